The Labute approximate surface area is 146 Å². The summed E-state index contributed by atoms with van der Waals surface area (Å²) in [5, 5.41) is 9.89. The van der Waals surface area contributed by atoms with Crippen molar-refractivity contribution in [2.45, 2.75) is 57.5 Å². The summed E-state index contributed by atoms with van der Waals surface area (Å²) < 4.78 is 15.4. The van der Waals surface area contributed by atoms with Crippen molar-refractivity contribution in [3.8, 4) is 0 Å². The van der Waals surface area contributed by atoms with Gasteiger partial charge in [0.15, 0.2) is 0 Å². The Morgan fingerprint density at radius 2 is 1.84 bits per heavy atom. The fourth-order valence-electron chi connectivity index (χ4n) is 2.05. The molecule has 1 aliphatic heterocycles. The molecule has 138 valence electrons. The summed E-state index contributed by atoms with van der Waals surface area (Å²) >= 11 is 0. The largest absolute Gasteiger partial charge is 0.462 e. The highest BCUT2D eigenvalue weighted by atomic mass is 16.6. The fourth-order valence-corrected chi connectivity index (χ4v) is 2.05. The number of cyclic esters (lactones) is 3. The normalized spacial score (nSPS) is 32.0. The Morgan fingerprint density at radius 1 is 1.16 bits per heavy atom. The average Bonchev–Trinajstić information content (AvgIpc) is 2.51. The summed E-state index contributed by atoms with van der Waals surface area (Å²) in [7, 11) is 0. The van der Waals surface area contributed by atoms with Gasteiger partial charge < -0.3 is 19.3 Å². The van der Waals surface area contributed by atoms with Crippen LogP contribution in [0.1, 0.15) is 33.1 Å². The molecule has 0 aromatic rings. The van der Waals surface area contributed by atoms with Crippen LogP contribution in [0.2, 0.25) is 0 Å². The fraction of sp³-hybridized carbons (Fsp3) is 0.500. The molecule has 1 aliphatic rings. The van der Waals surface area contributed by atoms with Gasteiger partial charge in [-0.1, -0.05) is 12.2 Å². The van der Waals surface area contributed by atoms with E-state index in [1.54, 1.807) is 6.92 Å². The third-order valence-electron chi connectivity index (χ3n) is 3.37. The molecule has 1 heterocycles. The van der Waals surface area contributed by atoms with Gasteiger partial charge in [0.05, 0.1) is 6.42 Å². The molecule has 7 heteroatoms. The molecule has 1 unspecified atom stereocenters. The second-order valence-corrected chi connectivity index (χ2v) is 5.72. The van der Waals surface area contributed by atoms with Crippen molar-refractivity contribution in [2.24, 2.45) is 0 Å². The molecule has 0 saturated carbocycles. The van der Waals surface area contributed by atoms with Crippen LogP contribution in [-0.2, 0) is 28.6 Å². The topological polar surface area (TPSA) is 99.1 Å². The van der Waals surface area contributed by atoms with Gasteiger partial charge in [-0.05, 0) is 19.9 Å². The number of hydrogen-bond donors (Lipinski definition) is 1. The van der Waals surface area contributed by atoms with Crippen LogP contribution in [0.5, 0.6) is 0 Å². The Bertz CT molecular complexity index is 550. The van der Waals surface area contributed by atoms with Gasteiger partial charge >= 0.3 is 17.9 Å². The van der Waals surface area contributed by atoms with Crippen molar-refractivity contribution >= 4 is 17.9 Å². The molecule has 0 aromatic heterocycles. The molecular weight excluding hydrogens is 328 g/mol. The molecule has 0 spiro atoms. The van der Waals surface area contributed by atoms with Crippen molar-refractivity contribution in [2.75, 3.05) is 0 Å². The number of ether oxygens (including phenoxy) is 3. The van der Waals surface area contributed by atoms with E-state index in [-0.39, 0.29) is 6.42 Å². The molecule has 0 radical (unpaired) electrons. The van der Waals surface area contributed by atoms with Crippen LogP contribution < -0.4 is 0 Å². The first-order valence-corrected chi connectivity index (χ1v) is 8.06. The SMILES string of the molecule is C=CCC1CC(=O)O[C@@H](C)C/C=C/C(=O)O[C@@H](C)[C@@H](O)/C=C/C(=O)O1. The van der Waals surface area contributed by atoms with Crippen LogP contribution >= 0.6 is 0 Å². The standard InChI is InChI=1S/C18H24O7/c1-4-6-14-11-18(22)23-12(2)7-5-8-16(20)24-13(3)15(19)9-10-17(21)25-14/h4-5,8-10,12-15,19H,1,6-7,11H2,2-3H3/b8-5+,10-9+/t12-,13-,14?,15-/m0/s1. The third-order valence-corrected chi connectivity index (χ3v) is 3.37. The predicted molar refractivity (Wildman–Crippen MR) is 89.3 cm³/mol. The highest BCUT2D eigenvalue weighted by Gasteiger charge is 2.20. The van der Waals surface area contributed by atoms with Crippen LogP contribution in [-0.4, -0.2) is 47.4 Å². The monoisotopic (exact) mass is 352 g/mol. The van der Waals surface area contributed by atoms with E-state index in [0.29, 0.717) is 12.8 Å². The van der Waals surface area contributed by atoms with Crippen molar-refractivity contribution in [1.29, 1.82) is 0 Å². The zero-order valence-corrected chi connectivity index (χ0v) is 14.4. The van der Waals surface area contributed by atoms with Crippen molar-refractivity contribution < 1.29 is 33.7 Å². The van der Waals surface area contributed by atoms with Crippen molar-refractivity contribution in [3.05, 3.63) is 37.0 Å². The molecular formula is C18H24O7. The number of carbonyl (C=O) groups excluding carboxylic acids is 3. The Kier molecular flexibility index (Phi) is 8.63. The van der Waals surface area contributed by atoms with Gasteiger partial charge in [0.1, 0.15) is 24.4 Å². The summed E-state index contributed by atoms with van der Waals surface area (Å²) in [4.78, 5) is 35.4. The van der Waals surface area contributed by atoms with E-state index >= 15 is 0 Å². The maximum atomic E-state index is 11.9. The van der Waals surface area contributed by atoms with Crippen molar-refractivity contribution in [3.63, 3.8) is 0 Å². The molecule has 4 atom stereocenters. The molecule has 25 heavy (non-hydrogen) atoms. The predicted octanol–water partition coefficient (Wildman–Crippen LogP) is 1.60. The van der Waals surface area contributed by atoms with Gasteiger partial charge in [0.25, 0.3) is 0 Å². The second-order valence-electron chi connectivity index (χ2n) is 5.72. The zero-order chi connectivity index (χ0) is 18.8. The lowest BCUT2D eigenvalue weighted by Gasteiger charge is -2.18. The van der Waals surface area contributed by atoms with E-state index in [2.05, 4.69) is 6.58 Å². The van der Waals surface area contributed by atoms with Crippen LogP contribution in [0.15, 0.2) is 37.0 Å². The van der Waals surface area contributed by atoms with E-state index in [4.69, 9.17) is 14.2 Å². The van der Waals surface area contributed by atoms with E-state index in [0.717, 1.165) is 6.08 Å². The van der Waals surface area contributed by atoms with Crippen LogP contribution in [0.4, 0.5) is 0 Å². The average molecular weight is 352 g/mol. The third kappa shape index (κ3) is 8.30. The molecule has 1 rings (SSSR count). The number of hydrogen-bond acceptors (Lipinski definition) is 7. The van der Waals surface area contributed by atoms with Crippen LogP contribution in [0.3, 0.4) is 0 Å². The maximum Gasteiger partial charge on any atom is 0.330 e. The minimum atomic E-state index is -1.17. The van der Waals surface area contributed by atoms with Crippen LogP contribution in [0, 0.1) is 0 Å². The van der Waals surface area contributed by atoms with Gasteiger partial charge in [0.2, 0.25) is 0 Å². The Hall–Kier alpha value is -2.41. The number of esters is 3. The summed E-state index contributed by atoms with van der Waals surface area (Å²) in [5.74, 6) is -1.88. The molecule has 7 nitrogen and oxygen atoms in total. The zero-order valence-electron chi connectivity index (χ0n) is 14.4. The first-order chi connectivity index (χ1) is 11.8. The first kappa shape index (κ1) is 20.6. The molecule has 0 aliphatic carbocycles. The molecule has 0 amide bonds. The molecule has 0 bridgehead atoms. The molecule has 0 aromatic carbocycles. The number of aliphatic hydroxyl groups is 1. The van der Waals surface area contributed by atoms with Gasteiger partial charge in [0, 0.05) is 25.0 Å². The summed E-state index contributed by atoms with van der Waals surface area (Å²) in [6.07, 6.45) is 3.81. The number of carbonyl (C=O) groups is 3. The molecule has 1 N–H and O–H groups in total. The highest BCUT2D eigenvalue weighted by molar-refractivity contribution is 5.83. The van der Waals surface area contributed by atoms with Gasteiger partial charge in [-0.2, -0.15) is 0 Å². The van der Waals surface area contributed by atoms with E-state index < -0.39 is 42.3 Å². The molecule has 0 fully saturated rings. The number of rotatable bonds is 2. The van der Waals surface area contributed by atoms with E-state index in [1.165, 1.54) is 31.2 Å². The smallest absolute Gasteiger partial charge is 0.330 e. The maximum absolute atomic E-state index is 11.9. The Balaban J connectivity index is 2.91. The lowest BCUT2D eigenvalue weighted by atomic mass is 10.1. The summed E-state index contributed by atoms with van der Waals surface area (Å²) in [6.45, 7) is 6.75. The second kappa shape index (κ2) is 10.5. The highest BCUT2D eigenvalue weighted by Crippen LogP contribution is 2.11. The summed E-state index contributed by atoms with van der Waals surface area (Å²) in [6, 6.07) is 0. The quantitative estimate of drug-likeness (QED) is 0.458. The van der Waals surface area contributed by atoms with E-state index in [9.17, 15) is 19.5 Å². The van der Waals surface area contributed by atoms with Gasteiger partial charge in [-0.25, -0.2) is 9.59 Å². The number of aliphatic hydroxyl groups excluding tert-OH is 1. The lowest BCUT2D eigenvalue weighted by molar-refractivity contribution is -0.154. The lowest BCUT2D eigenvalue weighted by Crippen LogP contribution is -2.27. The van der Waals surface area contributed by atoms with Gasteiger partial charge in [-0.3, -0.25) is 4.79 Å². The minimum absolute atomic E-state index is 0.110. The minimum Gasteiger partial charge on any atom is -0.462 e. The Morgan fingerprint density at radius 3 is 2.52 bits per heavy atom. The van der Waals surface area contributed by atoms with E-state index in [1.807, 2.05) is 0 Å². The summed E-state index contributed by atoms with van der Waals surface area (Å²) in [5.41, 5.74) is 0. The van der Waals surface area contributed by atoms with Crippen molar-refractivity contribution in [1.82, 2.24) is 0 Å². The first-order valence-electron chi connectivity index (χ1n) is 8.06. The molecule has 0 saturated heterocycles. The van der Waals surface area contributed by atoms with Gasteiger partial charge in [-0.15, -0.1) is 6.58 Å². The van der Waals surface area contributed by atoms with Crippen LogP contribution in [0.25, 0.3) is 0 Å².